The van der Waals surface area contributed by atoms with E-state index < -0.39 is 66.1 Å². The zero-order chi connectivity index (χ0) is 24.7. The number of benzene rings is 1. The van der Waals surface area contributed by atoms with Crippen LogP contribution in [-0.2, 0) is 15.7 Å². The first kappa shape index (κ1) is 24.4. The molecule has 0 aromatic heterocycles. The lowest BCUT2D eigenvalue weighted by Gasteiger charge is -2.27. The number of hydrogen-bond acceptors (Lipinski definition) is 5. The minimum atomic E-state index is -5.03. The molecule has 2 heterocycles. The van der Waals surface area contributed by atoms with Gasteiger partial charge in [-0.2, -0.15) is 31.6 Å². The van der Waals surface area contributed by atoms with Crippen LogP contribution in [0.2, 0.25) is 0 Å². The number of likely N-dealkylation sites (N-methyl/N-ethyl adjacent to an activating group) is 1. The number of ether oxygens (including phenoxy) is 1. The fourth-order valence-electron chi connectivity index (χ4n) is 3.84. The second-order valence-electron chi connectivity index (χ2n) is 7.63. The number of amides is 2. The van der Waals surface area contributed by atoms with Gasteiger partial charge in [0.2, 0.25) is 6.23 Å². The standard InChI is InChI=1S/C19H18F6N4O4/c1-27(17(31)32)12-4-5-28(8-12)15(30)14-9-29(16(33-14)19(23,24)25)11-3-2-10(7-26)13(6-11)18(20,21)22/h2-3,6,12,14,16H,4-5,8-9H2,1H3,(H,31,32)/t12-,14+,16-/m1/s1. The van der Waals surface area contributed by atoms with E-state index in [9.17, 15) is 35.9 Å². The highest BCUT2D eigenvalue weighted by Crippen LogP contribution is 2.39. The van der Waals surface area contributed by atoms with Gasteiger partial charge < -0.3 is 24.5 Å². The second-order valence-corrected chi connectivity index (χ2v) is 7.63. The zero-order valence-electron chi connectivity index (χ0n) is 17.0. The van der Waals surface area contributed by atoms with Crippen molar-refractivity contribution in [3.63, 3.8) is 0 Å². The van der Waals surface area contributed by atoms with Crippen LogP contribution < -0.4 is 4.90 Å². The van der Waals surface area contributed by atoms with E-state index in [1.807, 2.05) is 0 Å². The van der Waals surface area contributed by atoms with Crippen LogP contribution in [0.15, 0.2) is 18.2 Å². The number of carbonyl (C=O) groups excluding carboxylic acids is 1. The van der Waals surface area contributed by atoms with Gasteiger partial charge >= 0.3 is 18.4 Å². The summed E-state index contributed by atoms with van der Waals surface area (Å²) in [5.74, 6) is -0.822. The van der Waals surface area contributed by atoms with Crippen molar-refractivity contribution in [2.75, 3.05) is 31.6 Å². The van der Waals surface area contributed by atoms with Crippen molar-refractivity contribution in [1.29, 1.82) is 5.26 Å². The molecule has 8 nitrogen and oxygen atoms in total. The number of halogens is 6. The third-order valence-electron chi connectivity index (χ3n) is 5.58. The van der Waals surface area contributed by atoms with Gasteiger partial charge in [-0.15, -0.1) is 0 Å². The fraction of sp³-hybridized carbons (Fsp3) is 0.526. The third-order valence-corrected chi connectivity index (χ3v) is 5.58. The van der Waals surface area contributed by atoms with Crippen molar-refractivity contribution in [2.45, 2.75) is 37.1 Å². The zero-order valence-corrected chi connectivity index (χ0v) is 17.0. The molecule has 1 N–H and O–H groups in total. The molecular weight excluding hydrogens is 462 g/mol. The molecule has 33 heavy (non-hydrogen) atoms. The molecule has 1 aromatic carbocycles. The Labute approximate surface area is 183 Å². The number of nitrogens with zero attached hydrogens (tertiary/aromatic N) is 4. The molecule has 1 aromatic rings. The highest BCUT2D eigenvalue weighted by Gasteiger charge is 2.53. The topological polar surface area (TPSA) is 97.1 Å². The molecule has 3 atom stereocenters. The van der Waals surface area contributed by atoms with Gasteiger partial charge in [-0.05, 0) is 24.6 Å². The van der Waals surface area contributed by atoms with Crippen molar-refractivity contribution < 1.29 is 45.8 Å². The molecule has 0 unspecified atom stereocenters. The maximum atomic E-state index is 13.6. The Balaban J connectivity index is 1.85. The van der Waals surface area contributed by atoms with E-state index in [4.69, 9.17) is 15.1 Å². The largest absolute Gasteiger partial charge is 0.465 e. The molecule has 14 heteroatoms. The summed E-state index contributed by atoms with van der Waals surface area (Å²) < 4.78 is 85.6. The van der Waals surface area contributed by atoms with E-state index >= 15 is 0 Å². The molecule has 2 aliphatic rings. The molecular formula is C19H18F6N4O4. The van der Waals surface area contributed by atoms with E-state index in [1.165, 1.54) is 18.0 Å². The number of carboxylic acid groups (broad SMARTS) is 1. The predicted octanol–water partition coefficient (Wildman–Crippen LogP) is 2.88. The second kappa shape index (κ2) is 8.62. The Morgan fingerprint density at radius 2 is 1.88 bits per heavy atom. The van der Waals surface area contributed by atoms with Gasteiger partial charge in [0.1, 0.15) is 0 Å². The Hall–Kier alpha value is -3.21. The van der Waals surface area contributed by atoms with Gasteiger partial charge in [0.05, 0.1) is 29.8 Å². The Bertz CT molecular complexity index is 977. The van der Waals surface area contributed by atoms with Crippen LogP contribution in [0.25, 0.3) is 0 Å². The van der Waals surface area contributed by atoms with Crippen LogP contribution in [0.4, 0.5) is 36.8 Å². The molecule has 180 valence electrons. The molecule has 2 fully saturated rings. The van der Waals surface area contributed by atoms with Crippen LogP contribution in [0.1, 0.15) is 17.5 Å². The average molecular weight is 480 g/mol. The van der Waals surface area contributed by atoms with Crippen LogP contribution in [-0.4, -0.2) is 78.1 Å². The van der Waals surface area contributed by atoms with Gasteiger partial charge in [0.15, 0.2) is 6.10 Å². The quantitative estimate of drug-likeness (QED) is 0.669. The van der Waals surface area contributed by atoms with E-state index in [2.05, 4.69) is 0 Å². The highest BCUT2D eigenvalue weighted by atomic mass is 19.4. The van der Waals surface area contributed by atoms with Crippen molar-refractivity contribution in [3.05, 3.63) is 29.3 Å². The first-order valence-corrected chi connectivity index (χ1v) is 9.58. The summed E-state index contributed by atoms with van der Waals surface area (Å²) in [5, 5.41) is 17.9. The first-order chi connectivity index (χ1) is 15.2. The number of carbonyl (C=O) groups is 2. The number of nitriles is 1. The monoisotopic (exact) mass is 480 g/mol. The van der Waals surface area contributed by atoms with Crippen LogP contribution >= 0.6 is 0 Å². The molecule has 2 saturated heterocycles. The molecule has 0 bridgehead atoms. The molecule has 3 rings (SSSR count). The Morgan fingerprint density at radius 1 is 1.21 bits per heavy atom. The van der Waals surface area contributed by atoms with Crippen molar-refractivity contribution in [1.82, 2.24) is 9.80 Å². The summed E-state index contributed by atoms with van der Waals surface area (Å²) in [5.41, 5.74) is -2.67. The maximum Gasteiger partial charge on any atom is 0.433 e. The van der Waals surface area contributed by atoms with E-state index in [-0.39, 0.29) is 19.5 Å². The minimum absolute atomic E-state index is 0.0483. The molecule has 0 saturated carbocycles. The lowest BCUT2D eigenvalue weighted by Crippen LogP contribution is -2.43. The van der Waals surface area contributed by atoms with Gasteiger partial charge in [0, 0.05) is 25.8 Å². The molecule has 2 amide bonds. The minimum Gasteiger partial charge on any atom is -0.465 e. The average Bonchev–Trinajstić information content (AvgIpc) is 3.39. The first-order valence-electron chi connectivity index (χ1n) is 9.58. The Kier molecular flexibility index (Phi) is 6.38. The molecule has 0 radical (unpaired) electrons. The fourth-order valence-corrected chi connectivity index (χ4v) is 3.84. The number of alkyl halides is 6. The van der Waals surface area contributed by atoms with Gasteiger partial charge in [-0.25, -0.2) is 4.79 Å². The lowest BCUT2D eigenvalue weighted by atomic mass is 10.1. The normalized spacial score (nSPS) is 23.5. The summed E-state index contributed by atoms with van der Waals surface area (Å²) in [6, 6.07) is 2.90. The van der Waals surface area contributed by atoms with Crippen LogP contribution in [0.5, 0.6) is 0 Å². The van der Waals surface area contributed by atoms with E-state index in [1.54, 1.807) is 0 Å². The van der Waals surface area contributed by atoms with Crippen molar-refractivity contribution in [3.8, 4) is 6.07 Å². The maximum absolute atomic E-state index is 13.6. The molecule has 0 spiro atoms. The number of hydrogen-bond donors (Lipinski definition) is 1. The Morgan fingerprint density at radius 3 is 2.42 bits per heavy atom. The lowest BCUT2D eigenvalue weighted by molar-refractivity contribution is -0.214. The van der Waals surface area contributed by atoms with E-state index in [0.717, 1.165) is 17.0 Å². The molecule has 0 aliphatic carbocycles. The van der Waals surface area contributed by atoms with Crippen LogP contribution in [0, 0.1) is 11.3 Å². The predicted molar refractivity (Wildman–Crippen MR) is 99.0 cm³/mol. The summed E-state index contributed by atoms with van der Waals surface area (Å²) in [6.45, 7) is -0.637. The van der Waals surface area contributed by atoms with Crippen LogP contribution in [0.3, 0.4) is 0 Å². The summed E-state index contributed by atoms with van der Waals surface area (Å²) >= 11 is 0. The number of anilines is 1. The summed E-state index contributed by atoms with van der Waals surface area (Å²) in [4.78, 5) is 26.5. The van der Waals surface area contributed by atoms with Gasteiger partial charge in [-0.1, -0.05) is 0 Å². The summed E-state index contributed by atoms with van der Waals surface area (Å²) in [7, 11) is 1.30. The van der Waals surface area contributed by atoms with Gasteiger partial charge in [-0.3, -0.25) is 4.79 Å². The van der Waals surface area contributed by atoms with Crippen molar-refractivity contribution >= 4 is 17.7 Å². The van der Waals surface area contributed by atoms with Gasteiger partial charge in [0.25, 0.3) is 5.91 Å². The SMILES string of the molecule is CN(C(=O)O)[C@@H]1CCN(C(=O)[C@@H]2CN(c3ccc(C#N)c(C(F)(F)F)c3)[C@@H](C(F)(F)F)O2)C1. The number of rotatable bonds is 3. The smallest absolute Gasteiger partial charge is 0.433 e. The number of likely N-dealkylation sites (tertiary alicyclic amines) is 1. The van der Waals surface area contributed by atoms with Crippen molar-refractivity contribution in [2.24, 2.45) is 0 Å². The van der Waals surface area contributed by atoms with E-state index in [0.29, 0.717) is 11.0 Å². The highest BCUT2D eigenvalue weighted by molar-refractivity contribution is 5.83. The summed E-state index contributed by atoms with van der Waals surface area (Å²) in [6.07, 6.45) is -15.3. The molecule has 2 aliphatic heterocycles. The third kappa shape index (κ3) is 4.92.